The molecule has 1 heterocycles. The predicted molar refractivity (Wildman–Crippen MR) is 116 cm³/mol. The number of hydrogen-bond donors (Lipinski definition) is 1. The Morgan fingerprint density at radius 1 is 0.964 bits per heavy atom. The van der Waals surface area contributed by atoms with E-state index in [4.69, 9.17) is 19.6 Å². The zero-order valence-electron chi connectivity index (χ0n) is 17.4. The average Bonchev–Trinajstić information content (AvgIpc) is 2.72. The lowest BCUT2D eigenvalue weighted by atomic mass is 10.1. The molecule has 2 N–H and O–H groups in total. The summed E-state index contributed by atoms with van der Waals surface area (Å²) < 4.78 is 18.6. The molecule has 0 bridgehead atoms. The molecule has 1 aliphatic rings. The molecule has 0 aromatic heterocycles. The lowest BCUT2D eigenvalue weighted by Crippen LogP contribution is -2.68. The van der Waals surface area contributed by atoms with Gasteiger partial charge in [-0.25, -0.2) is 0 Å². The molecular formula is C23H33NO3Si. The fourth-order valence-electron chi connectivity index (χ4n) is 4.27. The number of benzene rings is 2. The van der Waals surface area contributed by atoms with Crippen molar-refractivity contribution in [2.24, 2.45) is 5.73 Å². The van der Waals surface area contributed by atoms with Crippen molar-refractivity contribution in [1.82, 2.24) is 0 Å². The van der Waals surface area contributed by atoms with Gasteiger partial charge in [-0.1, -0.05) is 81.4 Å². The highest BCUT2D eigenvalue weighted by Gasteiger charge is 2.52. The Morgan fingerprint density at radius 3 is 1.93 bits per heavy atom. The van der Waals surface area contributed by atoms with Crippen molar-refractivity contribution in [2.75, 3.05) is 13.7 Å². The molecule has 3 atom stereocenters. The minimum atomic E-state index is -2.57. The van der Waals surface area contributed by atoms with Crippen molar-refractivity contribution >= 4 is 18.7 Å². The molecule has 5 heteroatoms. The van der Waals surface area contributed by atoms with Crippen LogP contribution in [0.15, 0.2) is 60.7 Å². The number of rotatable bonds is 6. The minimum Gasteiger partial charge on any atom is -0.404 e. The summed E-state index contributed by atoms with van der Waals surface area (Å²) in [5, 5.41) is 2.53. The molecular weight excluding hydrogens is 366 g/mol. The number of nitrogens with two attached hydrogens (primary N) is 1. The van der Waals surface area contributed by atoms with Crippen LogP contribution in [0.25, 0.3) is 0 Å². The van der Waals surface area contributed by atoms with E-state index in [2.05, 4.69) is 81.4 Å². The van der Waals surface area contributed by atoms with Gasteiger partial charge in [0.2, 0.25) is 0 Å². The molecule has 4 nitrogen and oxygen atoms in total. The van der Waals surface area contributed by atoms with Crippen molar-refractivity contribution in [3.8, 4) is 0 Å². The van der Waals surface area contributed by atoms with Crippen molar-refractivity contribution in [1.29, 1.82) is 0 Å². The minimum absolute atomic E-state index is 0.0399. The van der Waals surface area contributed by atoms with Crippen LogP contribution in [-0.4, -0.2) is 40.5 Å². The first-order valence-corrected chi connectivity index (χ1v) is 12.0. The highest BCUT2D eigenvalue weighted by atomic mass is 28.4. The summed E-state index contributed by atoms with van der Waals surface area (Å²) in [6.07, 6.45) is 1.24. The normalized spacial score (nSPS) is 23.5. The average molecular weight is 400 g/mol. The van der Waals surface area contributed by atoms with Gasteiger partial charge in [0, 0.05) is 26.5 Å². The molecule has 0 spiro atoms. The quantitative estimate of drug-likeness (QED) is 0.759. The van der Waals surface area contributed by atoms with Gasteiger partial charge in [0.05, 0.1) is 12.2 Å². The third-order valence-corrected chi connectivity index (χ3v) is 10.7. The fraction of sp³-hybridized carbons (Fsp3) is 0.478. The van der Waals surface area contributed by atoms with Gasteiger partial charge in [-0.3, -0.25) is 0 Å². The van der Waals surface area contributed by atoms with Crippen molar-refractivity contribution < 1.29 is 13.9 Å². The second kappa shape index (κ2) is 8.89. The Balaban J connectivity index is 2.08. The van der Waals surface area contributed by atoms with Gasteiger partial charge in [-0.05, 0) is 15.4 Å². The molecule has 1 aliphatic heterocycles. The molecule has 0 amide bonds. The molecule has 152 valence electrons. The van der Waals surface area contributed by atoms with Crippen LogP contribution in [0, 0.1) is 0 Å². The second-order valence-corrected chi connectivity index (χ2v) is 12.8. The summed E-state index contributed by atoms with van der Waals surface area (Å²) in [6.45, 7) is 7.37. The van der Waals surface area contributed by atoms with E-state index in [1.54, 1.807) is 7.11 Å². The van der Waals surface area contributed by atoms with Crippen LogP contribution in [0.1, 0.15) is 33.6 Å². The van der Waals surface area contributed by atoms with E-state index >= 15 is 0 Å². The molecule has 2 aromatic carbocycles. The summed E-state index contributed by atoms with van der Waals surface area (Å²) in [7, 11) is -0.889. The van der Waals surface area contributed by atoms with E-state index in [9.17, 15) is 0 Å². The summed E-state index contributed by atoms with van der Waals surface area (Å²) in [6, 6.07) is 21.5. The smallest absolute Gasteiger partial charge is 0.261 e. The van der Waals surface area contributed by atoms with Crippen LogP contribution in [0.3, 0.4) is 0 Å². The van der Waals surface area contributed by atoms with Gasteiger partial charge >= 0.3 is 0 Å². The molecule has 0 radical (unpaired) electrons. The lowest BCUT2D eigenvalue weighted by Gasteiger charge is -2.47. The highest BCUT2D eigenvalue weighted by molar-refractivity contribution is 6.99. The largest absolute Gasteiger partial charge is 0.404 e. The van der Waals surface area contributed by atoms with Gasteiger partial charge in [-0.15, -0.1) is 0 Å². The lowest BCUT2D eigenvalue weighted by molar-refractivity contribution is -0.198. The Bertz CT molecular complexity index is 681. The highest BCUT2D eigenvalue weighted by Crippen LogP contribution is 2.39. The summed E-state index contributed by atoms with van der Waals surface area (Å²) in [4.78, 5) is 0. The van der Waals surface area contributed by atoms with Crippen molar-refractivity contribution in [2.45, 2.75) is 57.1 Å². The standard InChI is InChI=1S/C23H33NO3Si/c1-23(2,3)28(20-11-7-5-8-12-20,21-13-9-6-10-14-21)27-18-15-19(17-24)26-22(16-18)25-4/h5-14,18-19,22H,15-17,24H2,1-4H3/t18-,19-,22+/m1/s1. The summed E-state index contributed by atoms with van der Waals surface area (Å²) in [5.41, 5.74) is 5.93. The van der Waals surface area contributed by atoms with Crippen LogP contribution >= 0.6 is 0 Å². The SMILES string of the molecule is CO[C@@H]1C[C@H](O[Si](c2ccccc2)(c2ccccc2)C(C)(C)C)C[C@H](CN)O1. The third kappa shape index (κ3) is 4.24. The molecule has 0 unspecified atom stereocenters. The molecule has 0 saturated carbocycles. The molecule has 0 aliphatic carbocycles. The van der Waals surface area contributed by atoms with Gasteiger partial charge in [0.25, 0.3) is 8.32 Å². The van der Waals surface area contributed by atoms with E-state index in [1.807, 2.05) is 0 Å². The number of hydrogen-bond acceptors (Lipinski definition) is 4. The maximum Gasteiger partial charge on any atom is 0.261 e. The Labute approximate surface area is 170 Å². The van der Waals surface area contributed by atoms with Crippen LogP contribution in [0.2, 0.25) is 5.04 Å². The van der Waals surface area contributed by atoms with Crippen LogP contribution in [0.5, 0.6) is 0 Å². The first-order valence-electron chi connectivity index (χ1n) is 10.1. The zero-order valence-corrected chi connectivity index (χ0v) is 18.4. The summed E-state index contributed by atoms with van der Waals surface area (Å²) in [5.74, 6) is 0. The maximum atomic E-state index is 7.20. The van der Waals surface area contributed by atoms with Gasteiger partial charge < -0.3 is 19.6 Å². The van der Waals surface area contributed by atoms with E-state index in [0.29, 0.717) is 6.54 Å². The Hall–Kier alpha value is -1.50. The van der Waals surface area contributed by atoms with Crippen LogP contribution in [0.4, 0.5) is 0 Å². The third-order valence-electron chi connectivity index (χ3n) is 5.61. The molecule has 1 fully saturated rings. The molecule has 1 saturated heterocycles. The maximum absolute atomic E-state index is 7.20. The Kier molecular flexibility index (Phi) is 6.73. The van der Waals surface area contributed by atoms with Crippen molar-refractivity contribution in [3.05, 3.63) is 60.7 Å². The van der Waals surface area contributed by atoms with E-state index in [0.717, 1.165) is 12.8 Å². The van der Waals surface area contributed by atoms with Crippen LogP contribution < -0.4 is 16.1 Å². The van der Waals surface area contributed by atoms with Crippen molar-refractivity contribution in [3.63, 3.8) is 0 Å². The van der Waals surface area contributed by atoms with E-state index in [1.165, 1.54) is 10.4 Å². The second-order valence-electron chi connectivity index (χ2n) is 8.53. The zero-order chi connectivity index (χ0) is 20.2. The van der Waals surface area contributed by atoms with E-state index in [-0.39, 0.29) is 23.5 Å². The van der Waals surface area contributed by atoms with Crippen LogP contribution in [-0.2, 0) is 13.9 Å². The first kappa shape index (κ1) is 21.2. The molecule has 3 rings (SSSR count). The fourth-order valence-corrected chi connectivity index (χ4v) is 8.98. The molecule has 2 aromatic rings. The van der Waals surface area contributed by atoms with Gasteiger partial charge in [0.1, 0.15) is 0 Å². The first-order chi connectivity index (χ1) is 13.4. The Morgan fingerprint density at radius 2 is 1.50 bits per heavy atom. The van der Waals surface area contributed by atoms with Gasteiger partial charge in [0.15, 0.2) is 6.29 Å². The topological polar surface area (TPSA) is 53.7 Å². The van der Waals surface area contributed by atoms with Gasteiger partial charge in [-0.2, -0.15) is 0 Å². The monoisotopic (exact) mass is 399 g/mol. The number of methoxy groups -OCH3 is 1. The van der Waals surface area contributed by atoms with E-state index < -0.39 is 8.32 Å². The molecule has 28 heavy (non-hydrogen) atoms. The summed E-state index contributed by atoms with van der Waals surface area (Å²) >= 11 is 0. The predicted octanol–water partition coefficient (Wildman–Crippen LogP) is 3.04. The number of ether oxygens (including phenoxy) is 2.